The van der Waals surface area contributed by atoms with E-state index in [1.165, 1.54) is 97.6 Å². The Balaban J connectivity index is 1.58. The number of rotatable bonds is 13. The standard InChI is InChI=1S/C68H112ClF3N12O12/c1-17-41(7)58-67(96)81(15)53(63(92)76(9)10)36-55(86)79(13)51(33-39(4)5)60(89)75-57(45(18-2)19-3)66(95)78(12)42(8)61(90)84-32-30-50(84)65(94)80(14)52(35-44-24-22-40(6)23-25-44)64(93)77(11)38-54(85)74-48(29-27-43-26-28-46(47(69)34-43)68(70,71)72)62(91)83-31-20-21-49(83)59(88)73-37-56(87)82(58)16/h39-53,57-58H,17-38H2,1-16H3,(H,73,88)(H,74,85)(H,75,89)/t40?,41-,42-,43?,44?,46?,47?,48-,49-,50-,51-,52-,53-,57-,58-/m0/s1. The summed E-state index contributed by atoms with van der Waals surface area (Å²) in [6.07, 6.45) is 0.570. The molecule has 3 saturated heterocycles. The molecule has 544 valence electrons. The van der Waals surface area contributed by atoms with Crippen molar-refractivity contribution < 1.29 is 70.7 Å². The van der Waals surface area contributed by atoms with E-state index in [-0.39, 0.29) is 88.6 Å². The van der Waals surface area contributed by atoms with E-state index in [9.17, 15) is 70.7 Å². The zero-order valence-electron chi connectivity index (χ0n) is 59.8. The van der Waals surface area contributed by atoms with E-state index in [2.05, 4.69) is 22.9 Å². The highest BCUT2D eigenvalue weighted by Crippen LogP contribution is 2.44. The van der Waals surface area contributed by atoms with Gasteiger partial charge in [-0.25, -0.2) is 0 Å². The number of hydrogen-bond acceptors (Lipinski definition) is 12. The third-order valence-electron chi connectivity index (χ3n) is 21.6. The summed E-state index contributed by atoms with van der Waals surface area (Å²) in [5.74, 6) is -10.7. The van der Waals surface area contributed by atoms with E-state index >= 15 is 0 Å². The summed E-state index contributed by atoms with van der Waals surface area (Å²) in [7, 11) is 11.4. The summed E-state index contributed by atoms with van der Waals surface area (Å²) in [4.78, 5) is 187. The second kappa shape index (κ2) is 35.5. The smallest absolute Gasteiger partial charge is 0.347 e. The van der Waals surface area contributed by atoms with Gasteiger partial charge in [-0.2, -0.15) is 13.2 Å². The fraction of sp³-hybridized carbons (Fsp3) is 0.824. The Morgan fingerprint density at radius 3 is 1.79 bits per heavy atom. The zero-order valence-corrected chi connectivity index (χ0v) is 60.6. The van der Waals surface area contributed by atoms with Gasteiger partial charge in [-0.1, -0.05) is 93.4 Å². The first-order valence-electron chi connectivity index (χ1n) is 34.9. The van der Waals surface area contributed by atoms with Crippen LogP contribution in [-0.2, 0) is 57.5 Å². The van der Waals surface area contributed by atoms with Gasteiger partial charge in [-0.15, -0.1) is 11.6 Å². The van der Waals surface area contributed by atoms with Crippen LogP contribution in [0.15, 0.2) is 0 Å². The van der Waals surface area contributed by atoms with Crippen LogP contribution in [0.2, 0.25) is 0 Å². The summed E-state index contributed by atoms with van der Waals surface area (Å²) < 4.78 is 41.8. The zero-order chi connectivity index (χ0) is 72.1. The van der Waals surface area contributed by atoms with Crippen LogP contribution in [0.1, 0.15) is 171 Å². The highest BCUT2D eigenvalue weighted by molar-refractivity contribution is 6.20. The largest absolute Gasteiger partial charge is 0.393 e. The molecule has 0 aromatic carbocycles. The van der Waals surface area contributed by atoms with Crippen LogP contribution in [-0.4, -0.2) is 263 Å². The topological polar surface area (TPSA) is 270 Å². The SMILES string of the molecule is CCC(CC)[C@@H]1NC(=O)[C@H](CC(C)C)N(C)C(=O)C[C@@H](C(=O)N(C)C)N(C)C(=O)[C@H]([C@@H](C)CC)N(C)C(=O)CNC(=O)[C@@H]2CCCN2C(=O)[C@H](CCC2CCC(C(F)(F)F)C(Cl)C2)NC(=O)CN(C)C(=O)[C@H](CC2CCC(C)CC2)N(C)C(=O)[C@@H]2CCN2C(=O)[C@H](C)N(C)C1=O. The lowest BCUT2D eigenvalue weighted by Crippen LogP contribution is -2.65. The van der Waals surface area contributed by atoms with Gasteiger partial charge in [0.15, 0.2) is 0 Å². The Bertz CT molecular complexity index is 2770. The molecule has 5 fully saturated rings. The average Bonchev–Trinajstić information content (AvgIpc) is 0.890. The molecule has 0 aromatic rings. The van der Waals surface area contributed by atoms with Crippen molar-refractivity contribution in [2.24, 2.45) is 41.4 Å². The third kappa shape index (κ3) is 20.0. The number of amides is 12. The fourth-order valence-corrected chi connectivity index (χ4v) is 15.1. The summed E-state index contributed by atoms with van der Waals surface area (Å²) in [5.41, 5.74) is 0. The van der Waals surface area contributed by atoms with Crippen molar-refractivity contribution in [3.8, 4) is 0 Å². The maximum Gasteiger partial charge on any atom is 0.393 e. The molecular weight excluding hydrogens is 1270 g/mol. The maximum absolute atomic E-state index is 15.0. The van der Waals surface area contributed by atoms with Gasteiger partial charge in [-0.05, 0) is 107 Å². The third-order valence-corrected chi connectivity index (χ3v) is 22.1. The lowest BCUT2D eigenvalue weighted by Gasteiger charge is -2.45. The number of halogens is 4. The first kappa shape index (κ1) is 80.4. The molecule has 24 nitrogen and oxygen atoms in total. The number of likely N-dealkylation sites (N-methyl/N-ethyl adjacent to an activating group) is 7. The summed E-state index contributed by atoms with van der Waals surface area (Å²) in [6, 6.07) is -10.9. The van der Waals surface area contributed by atoms with Crippen LogP contribution in [0.25, 0.3) is 0 Å². The van der Waals surface area contributed by atoms with Crippen LogP contribution in [0.3, 0.4) is 0 Å². The van der Waals surface area contributed by atoms with Crippen LogP contribution >= 0.6 is 11.6 Å². The molecule has 5 aliphatic rings. The van der Waals surface area contributed by atoms with Gasteiger partial charge in [0.25, 0.3) is 0 Å². The minimum absolute atomic E-state index is 0.00429. The minimum Gasteiger partial charge on any atom is -0.347 e. The average molecular weight is 1380 g/mol. The van der Waals surface area contributed by atoms with Gasteiger partial charge in [0.2, 0.25) is 70.9 Å². The number of alkyl halides is 4. The Morgan fingerprint density at radius 1 is 0.625 bits per heavy atom. The molecule has 3 N–H and O–H groups in total. The lowest BCUT2D eigenvalue weighted by molar-refractivity contribution is -0.182. The molecule has 0 radical (unpaired) electrons. The molecule has 2 aliphatic carbocycles. The number of carbonyl (C=O) groups is 12. The summed E-state index contributed by atoms with van der Waals surface area (Å²) in [6.45, 7) is 13.6. The molecule has 5 rings (SSSR count). The highest BCUT2D eigenvalue weighted by Gasteiger charge is 2.49. The molecule has 28 heteroatoms. The van der Waals surface area contributed by atoms with Crippen LogP contribution < -0.4 is 16.0 Å². The Hall–Kier alpha value is -6.28. The number of nitrogens with zero attached hydrogens (tertiary/aromatic N) is 9. The van der Waals surface area contributed by atoms with E-state index in [0.717, 1.165) is 35.5 Å². The highest BCUT2D eigenvalue weighted by atomic mass is 35.5. The first-order valence-corrected chi connectivity index (χ1v) is 35.3. The van der Waals surface area contributed by atoms with Crippen molar-refractivity contribution in [2.75, 3.05) is 82.6 Å². The normalized spacial score (nSPS) is 30.9. The minimum atomic E-state index is -4.51. The first-order chi connectivity index (χ1) is 44.9. The van der Waals surface area contributed by atoms with Gasteiger partial charge >= 0.3 is 6.18 Å². The van der Waals surface area contributed by atoms with Gasteiger partial charge in [0.05, 0.1) is 25.4 Å². The van der Waals surface area contributed by atoms with Gasteiger partial charge in [-0.3, -0.25) is 57.5 Å². The summed E-state index contributed by atoms with van der Waals surface area (Å²) >= 11 is 6.36. The number of hydrogen-bond donors (Lipinski definition) is 3. The van der Waals surface area contributed by atoms with Crippen molar-refractivity contribution in [1.82, 2.24) is 60.0 Å². The van der Waals surface area contributed by atoms with E-state index in [0.29, 0.717) is 31.6 Å². The molecule has 2 saturated carbocycles. The fourth-order valence-electron chi connectivity index (χ4n) is 14.6. The Morgan fingerprint density at radius 2 is 1.24 bits per heavy atom. The lowest BCUT2D eigenvalue weighted by atomic mass is 9.78. The van der Waals surface area contributed by atoms with Crippen LogP contribution in [0.4, 0.5) is 13.2 Å². The van der Waals surface area contributed by atoms with Crippen LogP contribution in [0, 0.1) is 41.4 Å². The second-order valence-electron chi connectivity index (χ2n) is 28.9. The molecule has 0 aromatic heterocycles. The molecule has 3 unspecified atom stereocenters. The van der Waals surface area contributed by atoms with Gasteiger partial charge in [0.1, 0.15) is 54.4 Å². The second-order valence-corrected chi connectivity index (χ2v) is 29.4. The molecular formula is C68H112ClF3N12O12. The predicted molar refractivity (Wildman–Crippen MR) is 356 cm³/mol. The van der Waals surface area contributed by atoms with Gasteiger partial charge < -0.3 is 60.0 Å². The van der Waals surface area contributed by atoms with Gasteiger partial charge in [0, 0.05) is 74.8 Å². The van der Waals surface area contributed by atoms with Crippen molar-refractivity contribution in [3.05, 3.63) is 0 Å². The quantitative estimate of drug-likeness (QED) is 0.208. The van der Waals surface area contributed by atoms with Crippen molar-refractivity contribution in [2.45, 2.75) is 237 Å². The molecule has 3 heterocycles. The van der Waals surface area contributed by atoms with Crippen LogP contribution in [0.5, 0.6) is 0 Å². The van der Waals surface area contributed by atoms with Crippen molar-refractivity contribution in [1.29, 1.82) is 0 Å². The molecule has 96 heavy (non-hydrogen) atoms. The maximum atomic E-state index is 15.0. The Kier molecular flexibility index (Phi) is 29.7. The molecule has 0 spiro atoms. The number of fused-ring (bicyclic) bond motifs is 2. The van der Waals surface area contributed by atoms with E-state index < -0.39 is 174 Å². The molecule has 0 bridgehead atoms. The van der Waals surface area contributed by atoms with E-state index in [1.807, 2.05) is 27.7 Å². The van der Waals surface area contributed by atoms with Crippen molar-refractivity contribution in [3.63, 3.8) is 0 Å². The number of nitrogens with one attached hydrogen (secondary N) is 3. The Labute approximate surface area is 571 Å². The molecule has 12 amide bonds. The summed E-state index contributed by atoms with van der Waals surface area (Å²) in [5, 5.41) is 7.16. The van der Waals surface area contributed by atoms with E-state index in [4.69, 9.17) is 11.6 Å². The van der Waals surface area contributed by atoms with E-state index in [1.54, 1.807) is 13.8 Å². The molecule has 3 aliphatic heterocycles. The van der Waals surface area contributed by atoms with Crippen molar-refractivity contribution >= 4 is 82.5 Å². The predicted octanol–water partition coefficient (Wildman–Crippen LogP) is 4.88. The monoisotopic (exact) mass is 1380 g/mol. The number of carbonyl (C=O) groups excluding carboxylic acids is 12. The molecule has 13 atom stereocenters.